The van der Waals surface area contributed by atoms with Crippen molar-refractivity contribution in [1.82, 2.24) is 23.5 Å². The van der Waals surface area contributed by atoms with E-state index in [0.717, 1.165) is 77.2 Å². The Morgan fingerprint density at radius 3 is 1.95 bits per heavy atom. The van der Waals surface area contributed by atoms with Gasteiger partial charge < -0.3 is 5.11 Å². The molecule has 0 bridgehead atoms. The Labute approximate surface area is 250 Å². The maximum absolute atomic E-state index is 11.1. The summed E-state index contributed by atoms with van der Waals surface area (Å²) in [5.74, 6) is 1.01. The quantitative estimate of drug-likeness (QED) is 0.213. The lowest BCUT2D eigenvalue weighted by atomic mass is 10.1. The number of aromatic hydroxyl groups is 1. The highest BCUT2D eigenvalue weighted by Crippen LogP contribution is 2.38. The van der Waals surface area contributed by atoms with E-state index >= 15 is 0 Å². The van der Waals surface area contributed by atoms with Gasteiger partial charge >= 0.3 is 0 Å². The lowest BCUT2D eigenvalue weighted by Crippen LogP contribution is -1.98. The van der Waals surface area contributed by atoms with Gasteiger partial charge in [0, 0.05) is 38.8 Å². The average molecular weight is 566 g/mol. The molecule has 0 saturated heterocycles. The number of para-hydroxylation sites is 3. The van der Waals surface area contributed by atoms with Gasteiger partial charge in [0.25, 0.3) is 0 Å². The van der Waals surface area contributed by atoms with Gasteiger partial charge in [0.15, 0.2) is 11.5 Å². The van der Waals surface area contributed by atoms with Crippen molar-refractivity contribution < 1.29 is 5.11 Å². The number of hydrogen-bond donors (Lipinski definition) is 1. The predicted octanol–water partition coefficient (Wildman–Crippen LogP) is 8.94. The summed E-state index contributed by atoms with van der Waals surface area (Å²) in [7, 11) is 0. The van der Waals surface area contributed by atoms with Crippen LogP contribution in [-0.2, 0) is 0 Å². The number of phenolic OH excluding ortho intramolecular Hbond substituents is 1. The Kier molecular flexibility index (Phi) is 4.50. The molecule has 0 aliphatic heterocycles. The van der Waals surface area contributed by atoms with Crippen LogP contribution in [0.25, 0.3) is 82.6 Å². The Balaban J connectivity index is 1.33. The molecule has 44 heavy (non-hydrogen) atoms. The molecule has 5 aromatic carbocycles. The van der Waals surface area contributed by atoms with Crippen molar-refractivity contribution in [2.24, 2.45) is 0 Å². The minimum Gasteiger partial charge on any atom is -0.507 e. The monoisotopic (exact) mass is 565 g/mol. The van der Waals surface area contributed by atoms with Crippen molar-refractivity contribution in [3.05, 3.63) is 134 Å². The maximum atomic E-state index is 11.1. The first kappa shape index (κ1) is 23.4. The second-order valence-corrected chi connectivity index (χ2v) is 11.3. The number of hydrogen-bond acceptors (Lipinski definition) is 3. The van der Waals surface area contributed by atoms with Gasteiger partial charge in [-0.15, -0.1) is 0 Å². The lowest BCUT2D eigenvalue weighted by Gasteiger charge is -2.09. The zero-order valence-electron chi connectivity index (χ0n) is 23.4. The lowest BCUT2D eigenvalue weighted by molar-refractivity contribution is 0.482. The Hall–Kier alpha value is -6.14. The third-order valence-corrected chi connectivity index (χ3v) is 8.99. The van der Waals surface area contributed by atoms with Crippen LogP contribution in [0.1, 0.15) is 0 Å². The second-order valence-electron chi connectivity index (χ2n) is 11.3. The molecule has 0 fully saturated rings. The van der Waals surface area contributed by atoms with Crippen LogP contribution in [0.3, 0.4) is 0 Å². The summed E-state index contributed by atoms with van der Waals surface area (Å²) in [6.45, 7) is 0. The molecule has 10 rings (SSSR count). The molecule has 10 aromatic rings. The Bertz CT molecular complexity index is 2750. The molecule has 0 spiro atoms. The summed E-state index contributed by atoms with van der Waals surface area (Å²) in [5.41, 5.74) is 6.95. The first-order valence-electron chi connectivity index (χ1n) is 14.7. The molecule has 206 valence electrons. The molecule has 0 saturated carbocycles. The number of phenols is 1. The zero-order valence-corrected chi connectivity index (χ0v) is 23.4. The fraction of sp³-hybridized carbons (Fsp3) is 0. The van der Waals surface area contributed by atoms with Gasteiger partial charge in [-0.3, -0.25) is 13.5 Å². The minimum atomic E-state index is 0.221. The highest BCUT2D eigenvalue weighted by molar-refractivity contribution is 6.15. The van der Waals surface area contributed by atoms with E-state index in [1.165, 1.54) is 5.39 Å². The standard InChI is InChI=1S/C38H23N5O/c44-34-17-7-12-28-25-10-1-4-14-30(25)41-22-35(40-38(41)36(28)34)43-32-16-6-2-9-24(32)27-19-18-23(21-33(27)43)42-31-15-5-3-11-26(31)29-13-8-20-39-37(29)42/h1-22,44H. The number of nitrogens with zero attached hydrogens (tertiary/aromatic N) is 5. The molecular weight excluding hydrogens is 542 g/mol. The van der Waals surface area contributed by atoms with Gasteiger partial charge in [0.1, 0.15) is 11.4 Å². The fourth-order valence-corrected chi connectivity index (χ4v) is 7.15. The molecule has 5 aromatic heterocycles. The minimum absolute atomic E-state index is 0.221. The summed E-state index contributed by atoms with van der Waals surface area (Å²) in [6.07, 6.45) is 3.94. The van der Waals surface area contributed by atoms with Gasteiger partial charge in [-0.25, -0.2) is 9.97 Å². The van der Waals surface area contributed by atoms with Crippen LogP contribution >= 0.6 is 0 Å². The van der Waals surface area contributed by atoms with E-state index in [1.54, 1.807) is 6.07 Å². The molecule has 0 amide bonds. The summed E-state index contributed by atoms with van der Waals surface area (Å²) in [6, 6.07) is 41.7. The smallest absolute Gasteiger partial charge is 0.156 e. The van der Waals surface area contributed by atoms with E-state index in [1.807, 2.05) is 30.5 Å². The third-order valence-electron chi connectivity index (χ3n) is 8.99. The van der Waals surface area contributed by atoms with Crippen molar-refractivity contribution in [2.45, 2.75) is 0 Å². The first-order chi connectivity index (χ1) is 21.8. The number of fused-ring (bicyclic) bond motifs is 12. The van der Waals surface area contributed by atoms with Crippen LogP contribution in [0.5, 0.6) is 5.75 Å². The predicted molar refractivity (Wildman–Crippen MR) is 178 cm³/mol. The summed E-state index contributed by atoms with van der Waals surface area (Å²) < 4.78 is 6.59. The van der Waals surface area contributed by atoms with Gasteiger partial charge in [-0.1, -0.05) is 72.8 Å². The Morgan fingerprint density at radius 2 is 1.14 bits per heavy atom. The van der Waals surface area contributed by atoms with Crippen LogP contribution < -0.4 is 0 Å². The van der Waals surface area contributed by atoms with Crippen molar-refractivity contribution in [2.75, 3.05) is 0 Å². The van der Waals surface area contributed by atoms with Gasteiger partial charge in [0.2, 0.25) is 0 Å². The maximum Gasteiger partial charge on any atom is 0.156 e. The highest BCUT2D eigenvalue weighted by Gasteiger charge is 2.20. The van der Waals surface area contributed by atoms with Gasteiger partial charge in [0.05, 0.1) is 33.6 Å². The van der Waals surface area contributed by atoms with Crippen LogP contribution in [-0.4, -0.2) is 28.6 Å². The number of benzene rings is 5. The summed E-state index contributed by atoms with van der Waals surface area (Å²) in [5, 5.41) is 18.5. The molecule has 0 radical (unpaired) electrons. The van der Waals surface area contributed by atoms with Crippen molar-refractivity contribution in [1.29, 1.82) is 0 Å². The number of rotatable bonds is 2. The summed E-state index contributed by atoms with van der Waals surface area (Å²) in [4.78, 5) is 10.0. The van der Waals surface area contributed by atoms with Gasteiger partial charge in [-0.2, -0.15) is 0 Å². The topological polar surface area (TPSA) is 60.3 Å². The van der Waals surface area contributed by atoms with E-state index in [4.69, 9.17) is 9.97 Å². The number of aromatic nitrogens is 5. The third kappa shape index (κ3) is 2.98. The molecule has 6 nitrogen and oxygen atoms in total. The van der Waals surface area contributed by atoms with Crippen LogP contribution in [0.2, 0.25) is 0 Å². The van der Waals surface area contributed by atoms with E-state index in [2.05, 4.69) is 111 Å². The van der Waals surface area contributed by atoms with Crippen LogP contribution in [0, 0.1) is 0 Å². The van der Waals surface area contributed by atoms with E-state index in [-0.39, 0.29) is 5.75 Å². The van der Waals surface area contributed by atoms with Crippen LogP contribution in [0.4, 0.5) is 0 Å². The molecule has 1 N–H and O–H groups in total. The van der Waals surface area contributed by atoms with E-state index in [0.29, 0.717) is 0 Å². The molecule has 0 atom stereocenters. The van der Waals surface area contributed by atoms with Crippen molar-refractivity contribution in [3.63, 3.8) is 0 Å². The summed E-state index contributed by atoms with van der Waals surface area (Å²) >= 11 is 0. The average Bonchev–Trinajstić information content (AvgIpc) is 3.75. The zero-order chi connectivity index (χ0) is 28.9. The van der Waals surface area contributed by atoms with Crippen molar-refractivity contribution >= 4 is 71.1 Å². The fourth-order valence-electron chi connectivity index (χ4n) is 7.15. The molecule has 5 heterocycles. The normalized spacial score (nSPS) is 12.2. The number of imidazole rings is 1. The number of pyridine rings is 2. The molecular formula is C38H23N5O. The SMILES string of the molecule is Oc1cccc2c3ccccc3n3cc(-n4c5ccccc5c5ccc(-n6c7ccccc7c7cccnc76)cc54)nc3c12. The Morgan fingerprint density at radius 1 is 0.500 bits per heavy atom. The molecule has 0 unspecified atom stereocenters. The second kappa shape index (κ2) is 8.46. The van der Waals surface area contributed by atoms with E-state index in [9.17, 15) is 5.11 Å². The first-order valence-corrected chi connectivity index (χ1v) is 14.7. The molecule has 0 aliphatic carbocycles. The largest absolute Gasteiger partial charge is 0.507 e. The highest BCUT2D eigenvalue weighted by atomic mass is 16.3. The van der Waals surface area contributed by atoms with Crippen molar-refractivity contribution in [3.8, 4) is 17.3 Å². The van der Waals surface area contributed by atoms with Gasteiger partial charge in [-0.05, 0) is 53.9 Å². The van der Waals surface area contributed by atoms with Crippen LogP contribution in [0.15, 0.2) is 134 Å². The van der Waals surface area contributed by atoms with E-state index < -0.39 is 0 Å². The molecule has 6 heteroatoms. The molecule has 0 aliphatic rings.